The summed E-state index contributed by atoms with van der Waals surface area (Å²) in [6.07, 6.45) is 0. The van der Waals surface area contributed by atoms with Crippen molar-refractivity contribution in [1.82, 2.24) is 10.1 Å². The molecule has 0 aliphatic rings. The Morgan fingerprint density at radius 2 is 2.27 bits per heavy atom. The number of hydrogen-bond acceptors (Lipinski definition) is 7. The molecular formula is C14H9ClN2O4S. The topological polar surface area (TPSA) is 85.5 Å². The van der Waals surface area contributed by atoms with E-state index in [0.717, 1.165) is 5.56 Å². The van der Waals surface area contributed by atoms with E-state index < -0.39 is 5.97 Å². The molecule has 112 valence electrons. The number of halogens is 1. The van der Waals surface area contributed by atoms with Crippen LogP contribution in [0.25, 0.3) is 11.4 Å². The predicted octanol–water partition coefficient (Wildman–Crippen LogP) is 3.51. The minimum Gasteiger partial charge on any atom is -0.507 e. The van der Waals surface area contributed by atoms with Crippen LogP contribution in [0, 0.1) is 0 Å². The van der Waals surface area contributed by atoms with Crippen LogP contribution in [0.2, 0.25) is 5.02 Å². The number of thiophene rings is 1. The maximum atomic E-state index is 11.9. The summed E-state index contributed by atoms with van der Waals surface area (Å²) in [5.74, 6) is -0.351. The second-order valence-corrected chi connectivity index (χ2v) is 5.48. The highest BCUT2D eigenvalue weighted by Crippen LogP contribution is 2.23. The van der Waals surface area contributed by atoms with Gasteiger partial charge in [0.15, 0.2) is 6.61 Å². The van der Waals surface area contributed by atoms with Crippen molar-refractivity contribution >= 4 is 28.9 Å². The van der Waals surface area contributed by atoms with E-state index in [1.165, 1.54) is 29.5 Å². The fourth-order valence-electron chi connectivity index (χ4n) is 1.70. The smallest absolute Gasteiger partial charge is 0.342 e. The summed E-state index contributed by atoms with van der Waals surface area (Å²) in [5.41, 5.74) is 0.851. The Kier molecular flexibility index (Phi) is 4.08. The molecule has 3 rings (SSSR count). The number of nitrogens with zero attached hydrogens (tertiary/aromatic N) is 2. The van der Waals surface area contributed by atoms with E-state index in [2.05, 4.69) is 10.1 Å². The van der Waals surface area contributed by atoms with Gasteiger partial charge in [-0.2, -0.15) is 16.3 Å². The van der Waals surface area contributed by atoms with Crippen molar-refractivity contribution in [1.29, 1.82) is 0 Å². The van der Waals surface area contributed by atoms with Crippen molar-refractivity contribution in [3.05, 3.63) is 51.5 Å². The first kappa shape index (κ1) is 14.6. The summed E-state index contributed by atoms with van der Waals surface area (Å²) < 4.78 is 10.0. The third kappa shape index (κ3) is 3.10. The average Bonchev–Trinajstić information content (AvgIpc) is 3.16. The summed E-state index contributed by atoms with van der Waals surface area (Å²) in [6.45, 7) is -0.183. The molecule has 1 N–H and O–H groups in total. The van der Waals surface area contributed by atoms with Crippen LogP contribution in [-0.4, -0.2) is 21.2 Å². The second-order valence-electron chi connectivity index (χ2n) is 4.26. The van der Waals surface area contributed by atoms with Gasteiger partial charge >= 0.3 is 5.97 Å². The van der Waals surface area contributed by atoms with E-state index >= 15 is 0 Å². The standard InChI is InChI=1S/C14H9ClN2O4S/c15-9-1-2-10(11(18)5-9)14(19)20-6-12-16-13(17-21-12)8-3-4-22-7-8/h1-5,7,18H,6H2. The molecule has 2 heterocycles. The maximum absolute atomic E-state index is 11.9. The van der Waals surface area contributed by atoms with Gasteiger partial charge in [0, 0.05) is 16.0 Å². The molecule has 0 spiro atoms. The molecule has 8 heteroatoms. The number of aromatic nitrogens is 2. The lowest BCUT2D eigenvalue weighted by molar-refractivity contribution is 0.0426. The third-order valence-electron chi connectivity index (χ3n) is 2.75. The number of hydrogen-bond donors (Lipinski definition) is 1. The maximum Gasteiger partial charge on any atom is 0.342 e. The average molecular weight is 337 g/mol. The van der Waals surface area contributed by atoms with Gasteiger partial charge in [0.2, 0.25) is 5.82 Å². The first-order chi connectivity index (χ1) is 10.6. The van der Waals surface area contributed by atoms with Gasteiger partial charge in [-0.1, -0.05) is 16.8 Å². The first-order valence-electron chi connectivity index (χ1n) is 6.14. The third-order valence-corrected chi connectivity index (χ3v) is 3.67. The van der Waals surface area contributed by atoms with E-state index in [0.29, 0.717) is 10.8 Å². The minimum absolute atomic E-state index is 0.0157. The molecule has 0 amide bonds. The SMILES string of the molecule is O=C(OCc1nc(-c2ccsc2)no1)c1ccc(Cl)cc1O. The summed E-state index contributed by atoms with van der Waals surface area (Å²) in [7, 11) is 0. The lowest BCUT2D eigenvalue weighted by Gasteiger charge is -2.04. The van der Waals surface area contributed by atoms with Crippen LogP contribution < -0.4 is 0 Å². The Labute approximate surface area is 133 Å². The van der Waals surface area contributed by atoms with Crippen LogP contribution in [0.3, 0.4) is 0 Å². The Morgan fingerprint density at radius 3 is 3.00 bits per heavy atom. The van der Waals surface area contributed by atoms with Gasteiger partial charge in [0.1, 0.15) is 11.3 Å². The molecule has 3 aromatic rings. The Bertz CT molecular complexity index is 801. The highest BCUT2D eigenvalue weighted by molar-refractivity contribution is 7.08. The molecular weight excluding hydrogens is 328 g/mol. The van der Waals surface area contributed by atoms with E-state index in [1.807, 2.05) is 16.8 Å². The lowest BCUT2D eigenvalue weighted by Crippen LogP contribution is -2.05. The summed E-state index contributed by atoms with van der Waals surface area (Å²) in [5, 5.41) is 17.6. The van der Waals surface area contributed by atoms with Crippen molar-refractivity contribution in [2.24, 2.45) is 0 Å². The molecule has 0 radical (unpaired) electrons. The van der Waals surface area contributed by atoms with Gasteiger partial charge in [-0.15, -0.1) is 0 Å². The molecule has 22 heavy (non-hydrogen) atoms. The predicted molar refractivity (Wildman–Crippen MR) is 79.8 cm³/mol. The van der Waals surface area contributed by atoms with Gasteiger partial charge in [-0.05, 0) is 29.6 Å². The highest BCUT2D eigenvalue weighted by atomic mass is 35.5. The minimum atomic E-state index is -0.704. The van der Waals surface area contributed by atoms with E-state index in [1.54, 1.807) is 0 Å². The number of phenolic OH excluding ortho intramolecular Hbond substituents is 1. The van der Waals surface area contributed by atoms with Gasteiger partial charge in [-0.25, -0.2) is 4.79 Å². The monoisotopic (exact) mass is 336 g/mol. The lowest BCUT2D eigenvalue weighted by atomic mass is 10.2. The van der Waals surface area contributed by atoms with Gasteiger partial charge < -0.3 is 14.4 Å². The number of carbonyl (C=O) groups excluding carboxylic acids is 1. The van der Waals surface area contributed by atoms with Gasteiger partial charge in [-0.3, -0.25) is 0 Å². The molecule has 2 aromatic heterocycles. The highest BCUT2D eigenvalue weighted by Gasteiger charge is 2.15. The molecule has 0 fully saturated rings. The molecule has 0 atom stereocenters. The Hall–Kier alpha value is -2.38. The number of aromatic hydroxyl groups is 1. The van der Waals surface area contributed by atoms with Crippen LogP contribution >= 0.6 is 22.9 Å². The normalized spacial score (nSPS) is 10.6. The number of ether oxygens (including phenoxy) is 1. The molecule has 0 aliphatic heterocycles. The molecule has 0 saturated heterocycles. The fourth-order valence-corrected chi connectivity index (χ4v) is 2.51. The molecule has 6 nitrogen and oxygen atoms in total. The zero-order valence-electron chi connectivity index (χ0n) is 11.0. The van der Waals surface area contributed by atoms with Gasteiger partial charge in [0.25, 0.3) is 5.89 Å². The Balaban J connectivity index is 1.66. The van der Waals surface area contributed by atoms with Crippen molar-refractivity contribution in [3.8, 4) is 17.1 Å². The summed E-state index contributed by atoms with van der Waals surface area (Å²) in [4.78, 5) is 16.0. The summed E-state index contributed by atoms with van der Waals surface area (Å²) in [6, 6.07) is 5.99. The molecule has 1 aromatic carbocycles. The van der Waals surface area contributed by atoms with Crippen LogP contribution in [0.1, 0.15) is 16.2 Å². The van der Waals surface area contributed by atoms with Crippen LogP contribution in [-0.2, 0) is 11.3 Å². The van der Waals surface area contributed by atoms with Gasteiger partial charge in [0.05, 0.1) is 0 Å². The molecule has 0 unspecified atom stereocenters. The summed E-state index contributed by atoms with van der Waals surface area (Å²) >= 11 is 7.22. The van der Waals surface area contributed by atoms with Crippen molar-refractivity contribution in [3.63, 3.8) is 0 Å². The van der Waals surface area contributed by atoms with E-state index in [-0.39, 0.29) is 23.8 Å². The second kappa shape index (κ2) is 6.17. The van der Waals surface area contributed by atoms with E-state index in [4.69, 9.17) is 20.9 Å². The quantitative estimate of drug-likeness (QED) is 0.734. The number of phenols is 1. The first-order valence-corrected chi connectivity index (χ1v) is 7.46. The molecule has 0 aliphatic carbocycles. The van der Waals surface area contributed by atoms with Crippen LogP contribution in [0.5, 0.6) is 5.75 Å². The van der Waals surface area contributed by atoms with Crippen molar-refractivity contribution in [2.75, 3.05) is 0 Å². The fraction of sp³-hybridized carbons (Fsp3) is 0.0714. The number of esters is 1. The largest absolute Gasteiger partial charge is 0.507 e. The zero-order chi connectivity index (χ0) is 15.5. The Morgan fingerprint density at radius 1 is 1.41 bits per heavy atom. The zero-order valence-corrected chi connectivity index (χ0v) is 12.6. The van der Waals surface area contributed by atoms with Crippen molar-refractivity contribution < 1.29 is 19.2 Å². The van der Waals surface area contributed by atoms with Crippen LogP contribution in [0.15, 0.2) is 39.5 Å². The molecule has 0 bridgehead atoms. The number of carbonyl (C=O) groups is 1. The number of benzene rings is 1. The molecule has 0 saturated carbocycles. The van der Waals surface area contributed by atoms with Crippen molar-refractivity contribution in [2.45, 2.75) is 6.61 Å². The van der Waals surface area contributed by atoms with E-state index in [9.17, 15) is 9.90 Å². The van der Waals surface area contributed by atoms with Crippen LogP contribution in [0.4, 0.5) is 0 Å². The number of rotatable bonds is 4.